The van der Waals surface area contributed by atoms with E-state index in [9.17, 15) is 14.0 Å². The van der Waals surface area contributed by atoms with Gasteiger partial charge in [-0.2, -0.15) is 4.68 Å². The molecule has 5 nitrogen and oxygen atoms in total. The van der Waals surface area contributed by atoms with E-state index < -0.39 is 17.2 Å². The lowest BCUT2D eigenvalue weighted by Crippen LogP contribution is -2.29. The highest BCUT2D eigenvalue weighted by Crippen LogP contribution is 2.13. The lowest BCUT2D eigenvalue weighted by atomic mass is 10.2. The monoisotopic (exact) mass is 297 g/mol. The number of rotatable bonds is 3. The van der Waals surface area contributed by atoms with Crippen LogP contribution in [0, 0.1) is 12.7 Å². The average molecular weight is 297 g/mol. The van der Waals surface area contributed by atoms with E-state index >= 15 is 0 Å². The predicted octanol–water partition coefficient (Wildman–Crippen LogP) is 1.58. The molecule has 22 heavy (non-hydrogen) atoms. The van der Waals surface area contributed by atoms with Crippen molar-refractivity contribution in [1.82, 2.24) is 14.3 Å². The van der Waals surface area contributed by atoms with E-state index in [2.05, 4.69) is 16.6 Å². The van der Waals surface area contributed by atoms with E-state index in [-0.39, 0.29) is 12.2 Å². The third-order valence-electron chi connectivity index (χ3n) is 3.35. The number of hydrogen-bond acceptors (Lipinski definition) is 2. The van der Waals surface area contributed by atoms with E-state index in [1.54, 1.807) is 37.3 Å². The lowest BCUT2D eigenvalue weighted by molar-refractivity contribution is 0.597. The van der Waals surface area contributed by atoms with Crippen LogP contribution in [0.2, 0.25) is 0 Å². The molecule has 3 rings (SSSR count). The van der Waals surface area contributed by atoms with Gasteiger partial charge in [0.2, 0.25) is 0 Å². The molecule has 1 aliphatic rings. The first-order valence-corrected chi connectivity index (χ1v) is 6.62. The number of halogens is 1. The van der Waals surface area contributed by atoms with Gasteiger partial charge in [-0.25, -0.2) is 23.6 Å². The molecule has 0 fully saturated rings. The average Bonchev–Trinajstić information content (AvgIpc) is 2.79. The second-order valence-electron chi connectivity index (χ2n) is 4.87. The second kappa shape index (κ2) is 5.37. The van der Waals surface area contributed by atoms with Crippen LogP contribution in [0.25, 0.3) is 5.69 Å². The van der Waals surface area contributed by atoms with Crippen LogP contribution in [0.4, 0.5) is 4.39 Å². The minimum atomic E-state index is -0.623. The normalized spacial score (nSPS) is 12.7. The quantitative estimate of drug-likeness (QED) is 0.874. The summed E-state index contributed by atoms with van der Waals surface area (Å²) in [6, 6.07) is 4.66. The van der Waals surface area contributed by atoms with Gasteiger partial charge >= 0.3 is 11.4 Å². The van der Waals surface area contributed by atoms with E-state index in [1.807, 2.05) is 0 Å². The standard InChI is InChI=1S/C16H12FN3O2/c1-11-6-5-9-13(14(11)17)20-16(22)19(15(21)18-20)10-12-7-3-2-4-8-12/h3,5-9H,10H2,1H3,(H,18,21). The van der Waals surface area contributed by atoms with E-state index in [1.165, 1.54) is 6.07 Å². The molecule has 0 atom stereocenters. The summed E-state index contributed by atoms with van der Waals surface area (Å²) in [4.78, 5) is 24.3. The van der Waals surface area contributed by atoms with Crippen LogP contribution < -0.4 is 11.4 Å². The molecule has 1 heterocycles. The fraction of sp³-hybridized carbons (Fsp3) is 0.125. The minimum absolute atomic E-state index is 0.0220. The number of H-pyrrole nitrogens is 1. The molecule has 1 aromatic heterocycles. The zero-order chi connectivity index (χ0) is 15.7. The Labute approximate surface area is 124 Å². The smallest absolute Gasteiger partial charge is 0.246 e. The van der Waals surface area contributed by atoms with Crippen LogP contribution in [0.5, 0.6) is 0 Å². The van der Waals surface area contributed by atoms with Gasteiger partial charge in [-0.1, -0.05) is 23.6 Å². The summed E-state index contributed by atoms with van der Waals surface area (Å²) in [6.45, 7) is 1.68. The van der Waals surface area contributed by atoms with E-state index in [4.69, 9.17) is 0 Å². The summed E-state index contributed by atoms with van der Waals surface area (Å²) in [7, 11) is 0. The summed E-state index contributed by atoms with van der Waals surface area (Å²) in [5.41, 5.74) is 5.42. The number of benzene rings is 1. The molecule has 0 bridgehead atoms. The maximum atomic E-state index is 14.1. The van der Waals surface area contributed by atoms with Gasteiger partial charge in [0.1, 0.15) is 5.69 Å². The first-order valence-electron chi connectivity index (χ1n) is 6.62. The van der Waals surface area contributed by atoms with Crippen LogP contribution in [0.15, 0.2) is 63.1 Å². The topological polar surface area (TPSA) is 59.8 Å². The summed E-state index contributed by atoms with van der Waals surface area (Å²) >= 11 is 0. The maximum absolute atomic E-state index is 14.1. The van der Waals surface area contributed by atoms with Gasteiger partial charge in [0.15, 0.2) is 5.82 Å². The van der Waals surface area contributed by atoms with E-state index in [0.717, 1.165) is 14.8 Å². The van der Waals surface area contributed by atoms with Crippen molar-refractivity contribution in [3.63, 3.8) is 0 Å². The molecule has 6 heteroatoms. The van der Waals surface area contributed by atoms with Crippen molar-refractivity contribution in [2.75, 3.05) is 0 Å². The van der Waals surface area contributed by atoms with Crippen LogP contribution in [0.1, 0.15) is 5.56 Å². The molecule has 1 aromatic carbocycles. The van der Waals surface area contributed by atoms with Crippen molar-refractivity contribution in [3.8, 4) is 5.69 Å². The Morgan fingerprint density at radius 2 is 2.09 bits per heavy atom. The molecule has 0 unspecified atom stereocenters. The van der Waals surface area contributed by atoms with Crippen molar-refractivity contribution in [3.05, 3.63) is 85.8 Å². The van der Waals surface area contributed by atoms with Gasteiger partial charge < -0.3 is 0 Å². The molecule has 0 amide bonds. The lowest BCUT2D eigenvalue weighted by Gasteiger charge is -2.04. The molecule has 0 saturated heterocycles. The Bertz CT molecular complexity index is 991. The molecule has 0 saturated carbocycles. The third-order valence-corrected chi connectivity index (χ3v) is 3.35. The maximum Gasteiger partial charge on any atom is 0.352 e. The summed E-state index contributed by atoms with van der Waals surface area (Å²) in [5.74, 6) is -0.541. The Morgan fingerprint density at radius 3 is 2.82 bits per heavy atom. The summed E-state index contributed by atoms with van der Waals surface area (Å²) < 4.78 is 16.1. The number of aryl methyl sites for hydroxylation is 1. The number of aromatic nitrogens is 3. The highest BCUT2D eigenvalue weighted by molar-refractivity contribution is 5.36. The molecular weight excluding hydrogens is 285 g/mol. The summed E-state index contributed by atoms with van der Waals surface area (Å²) in [6.07, 6.45) is 5.01. The first-order chi connectivity index (χ1) is 10.6. The van der Waals surface area contributed by atoms with E-state index in [0.29, 0.717) is 5.56 Å². The number of allylic oxidation sites excluding steroid dienone is 4. The number of nitrogens with one attached hydrogen (secondary N) is 1. The van der Waals surface area contributed by atoms with Gasteiger partial charge in [-0.3, -0.25) is 0 Å². The molecule has 1 aliphatic carbocycles. The highest BCUT2D eigenvalue weighted by atomic mass is 19.1. The zero-order valence-corrected chi connectivity index (χ0v) is 11.8. The molecule has 110 valence electrons. The van der Waals surface area contributed by atoms with Gasteiger partial charge in [-0.05, 0) is 42.4 Å². The van der Waals surface area contributed by atoms with Gasteiger partial charge in [0.05, 0.1) is 6.54 Å². The molecule has 0 radical (unpaired) electrons. The van der Waals surface area contributed by atoms with Crippen molar-refractivity contribution < 1.29 is 4.39 Å². The number of hydrogen-bond donors (Lipinski definition) is 1. The minimum Gasteiger partial charge on any atom is -0.246 e. The van der Waals surface area contributed by atoms with Crippen LogP contribution >= 0.6 is 0 Å². The Morgan fingerprint density at radius 1 is 1.27 bits per heavy atom. The molecule has 1 N–H and O–H groups in total. The number of nitrogens with zero attached hydrogens (tertiary/aromatic N) is 2. The van der Waals surface area contributed by atoms with Crippen LogP contribution in [-0.2, 0) is 6.54 Å². The zero-order valence-electron chi connectivity index (χ0n) is 11.8. The molecular formula is C16H12FN3O2. The predicted molar refractivity (Wildman–Crippen MR) is 79.6 cm³/mol. The highest BCUT2D eigenvalue weighted by Gasteiger charge is 2.15. The van der Waals surface area contributed by atoms with Crippen LogP contribution in [-0.4, -0.2) is 14.3 Å². The van der Waals surface area contributed by atoms with Crippen molar-refractivity contribution in [2.45, 2.75) is 13.5 Å². The number of aromatic amines is 1. The van der Waals surface area contributed by atoms with Gasteiger partial charge in [0, 0.05) is 0 Å². The summed E-state index contributed by atoms with van der Waals surface area (Å²) in [5, 5.41) is 2.37. The molecule has 0 spiro atoms. The van der Waals surface area contributed by atoms with Crippen LogP contribution in [0.3, 0.4) is 0 Å². The Hall–Kier alpha value is -3.07. The third kappa shape index (κ3) is 2.33. The van der Waals surface area contributed by atoms with Crippen molar-refractivity contribution in [1.29, 1.82) is 0 Å². The largest absolute Gasteiger partial charge is 0.352 e. The Balaban J connectivity index is 2.08. The first kappa shape index (κ1) is 13.9. The second-order valence-corrected chi connectivity index (χ2v) is 4.87. The SMILES string of the molecule is Cc1cccc(-n2[nH]c(=O)n(CC3=CC=C=C=C3)c2=O)c1F. The molecule has 2 aromatic rings. The van der Waals surface area contributed by atoms with Gasteiger partial charge in [-0.15, -0.1) is 0 Å². The van der Waals surface area contributed by atoms with Crippen molar-refractivity contribution >= 4 is 0 Å². The Kier molecular flexibility index (Phi) is 3.39. The fourth-order valence-electron chi connectivity index (χ4n) is 2.18. The van der Waals surface area contributed by atoms with Crippen molar-refractivity contribution in [2.24, 2.45) is 0 Å². The molecule has 0 aliphatic heterocycles. The fourth-order valence-corrected chi connectivity index (χ4v) is 2.18. The van der Waals surface area contributed by atoms with Gasteiger partial charge in [0.25, 0.3) is 0 Å².